The van der Waals surface area contributed by atoms with Crippen LogP contribution in [0.1, 0.15) is 12.5 Å². The molecular formula is C13H14N2. The predicted octanol–water partition coefficient (Wildman–Crippen LogP) is 2.60. The number of nitrogens with zero attached hydrogens (tertiary/aromatic N) is 1. The van der Waals surface area contributed by atoms with Gasteiger partial charge >= 0.3 is 0 Å². The average Bonchev–Trinajstić information content (AvgIpc) is 2.26. The molecule has 76 valence electrons. The molecule has 2 rings (SSSR count). The molecule has 1 heterocycles. The van der Waals surface area contributed by atoms with Gasteiger partial charge in [0.25, 0.3) is 0 Å². The van der Waals surface area contributed by atoms with Crippen LogP contribution >= 0.6 is 0 Å². The van der Waals surface area contributed by atoms with E-state index in [-0.39, 0.29) is 6.04 Å². The Bertz CT molecular complexity index is 487. The molecule has 0 aliphatic carbocycles. The van der Waals surface area contributed by atoms with Crippen molar-refractivity contribution in [1.29, 1.82) is 0 Å². The van der Waals surface area contributed by atoms with Crippen molar-refractivity contribution in [1.82, 2.24) is 4.98 Å². The number of pyridine rings is 1. The highest BCUT2D eigenvalue weighted by Gasteiger charge is 1.94. The average molecular weight is 198 g/mol. The third kappa shape index (κ3) is 2.42. The van der Waals surface area contributed by atoms with E-state index in [1.807, 2.05) is 37.3 Å². The molecule has 0 radical (unpaired) electrons. The fraction of sp³-hybridized carbons (Fsp3) is 0.154. The van der Waals surface area contributed by atoms with Crippen molar-refractivity contribution in [2.45, 2.75) is 13.0 Å². The second kappa shape index (κ2) is 4.24. The molecule has 1 unspecified atom stereocenters. The van der Waals surface area contributed by atoms with Crippen LogP contribution in [-0.2, 0) is 0 Å². The highest BCUT2D eigenvalue weighted by Crippen LogP contribution is 2.14. The van der Waals surface area contributed by atoms with Gasteiger partial charge in [-0.2, -0.15) is 0 Å². The molecule has 2 N–H and O–H groups in total. The van der Waals surface area contributed by atoms with E-state index >= 15 is 0 Å². The maximum atomic E-state index is 5.65. The molecule has 0 saturated carbocycles. The van der Waals surface area contributed by atoms with Crippen LogP contribution in [0.2, 0.25) is 0 Å². The zero-order valence-electron chi connectivity index (χ0n) is 8.72. The lowest BCUT2D eigenvalue weighted by Gasteiger charge is -1.99. The lowest BCUT2D eigenvalue weighted by molar-refractivity contribution is 0.931. The molecule has 0 spiro atoms. The summed E-state index contributed by atoms with van der Waals surface area (Å²) in [6.45, 7) is 1.96. The van der Waals surface area contributed by atoms with Crippen LogP contribution in [-0.4, -0.2) is 11.0 Å². The van der Waals surface area contributed by atoms with Gasteiger partial charge in [0.1, 0.15) is 0 Å². The number of hydrogen-bond acceptors (Lipinski definition) is 2. The summed E-state index contributed by atoms with van der Waals surface area (Å²) in [5, 5.41) is 1.16. The van der Waals surface area contributed by atoms with Crippen LogP contribution in [0.3, 0.4) is 0 Å². The number of hydrogen-bond donors (Lipinski definition) is 1. The summed E-state index contributed by atoms with van der Waals surface area (Å²) in [5.41, 5.74) is 7.84. The van der Waals surface area contributed by atoms with Gasteiger partial charge in [0.05, 0.1) is 5.52 Å². The van der Waals surface area contributed by atoms with Crippen LogP contribution in [0.15, 0.2) is 42.6 Å². The Balaban J connectivity index is 2.39. The first-order valence-corrected chi connectivity index (χ1v) is 5.04. The molecule has 2 aromatic rings. The highest BCUT2D eigenvalue weighted by molar-refractivity contribution is 5.80. The van der Waals surface area contributed by atoms with Crippen LogP contribution in [0, 0.1) is 0 Å². The number of benzene rings is 1. The molecule has 0 aliphatic heterocycles. The van der Waals surface area contributed by atoms with E-state index in [0.717, 1.165) is 16.5 Å². The van der Waals surface area contributed by atoms with Gasteiger partial charge in [0.15, 0.2) is 0 Å². The number of fused-ring (bicyclic) bond motifs is 1. The highest BCUT2D eigenvalue weighted by atomic mass is 14.6. The first-order chi connectivity index (χ1) is 7.25. The van der Waals surface area contributed by atoms with Gasteiger partial charge in [-0.15, -0.1) is 0 Å². The molecule has 0 saturated heterocycles. The van der Waals surface area contributed by atoms with Gasteiger partial charge in [-0.3, -0.25) is 4.98 Å². The number of nitrogens with two attached hydrogens (primary N) is 1. The van der Waals surface area contributed by atoms with Crippen molar-refractivity contribution >= 4 is 17.0 Å². The fourth-order valence-corrected chi connectivity index (χ4v) is 1.46. The van der Waals surface area contributed by atoms with Gasteiger partial charge < -0.3 is 5.73 Å². The van der Waals surface area contributed by atoms with E-state index in [4.69, 9.17) is 5.73 Å². The van der Waals surface area contributed by atoms with Gasteiger partial charge in [-0.25, -0.2) is 0 Å². The fourth-order valence-electron chi connectivity index (χ4n) is 1.46. The maximum absolute atomic E-state index is 5.65. The molecular weight excluding hydrogens is 184 g/mol. The van der Waals surface area contributed by atoms with Crippen molar-refractivity contribution in [3.05, 3.63) is 48.2 Å². The molecule has 0 aliphatic rings. The Labute approximate surface area is 89.4 Å². The molecule has 1 aromatic heterocycles. The monoisotopic (exact) mass is 198 g/mol. The summed E-state index contributed by atoms with van der Waals surface area (Å²) in [7, 11) is 0. The third-order valence-corrected chi connectivity index (χ3v) is 2.22. The van der Waals surface area contributed by atoms with Crippen LogP contribution < -0.4 is 5.73 Å². The standard InChI is InChI=1S/C13H14N2/c1-10(14)4-5-11-6-7-13-12(9-11)3-2-8-15-13/h2-10H,14H2,1H3/b5-4+. The molecule has 0 fully saturated rings. The first-order valence-electron chi connectivity index (χ1n) is 5.04. The Morgan fingerprint density at radius 1 is 1.33 bits per heavy atom. The van der Waals surface area contributed by atoms with E-state index in [2.05, 4.69) is 17.1 Å². The zero-order chi connectivity index (χ0) is 10.7. The summed E-state index contributed by atoms with van der Waals surface area (Å²) in [6, 6.07) is 10.3. The normalized spacial score (nSPS) is 13.5. The molecule has 2 nitrogen and oxygen atoms in total. The minimum Gasteiger partial charge on any atom is -0.325 e. The second-order valence-corrected chi connectivity index (χ2v) is 3.67. The lowest BCUT2D eigenvalue weighted by atomic mass is 10.1. The zero-order valence-corrected chi connectivity index (χ0v) is 8.72. The summed E-state index contributed by atoms with van der Waals surface area (Å²) >= 11 is 0. The lowest BCUT2D eigenvalue weighted by Crippen LogP contribution is -2.09. The van der Waals surface area contributed by atoms with Crippen molar-refractivity contribution < 1.29 is 0 Å². The maximum Gasteiger partial charge on any atom is 0.0702 e. The summed E-state index contributed by atoms with van der Waals surface area (Å²) in [6.07, 6.45) is 5.83. The first kappa shape index (κ1) is 9.87. The molecule has 1 atom stereocenters. The number of aromatic nitrogens is 1. The van der Waals surface area contributed by atoms with Crippen molar-refractivity contribution in [3.63, 3.8) is 0 Å². The van der Waals surface area contributed by atoms with Gasteiger partial charge in [0.2, 0.25) is 0 Å². The van der Waals surface area contributed by atoms with E-state index in [9.17, 15) is 0 Å². The van der Waals surface area contributed by atoms with Crippen LogP contribution in [0.25, 0.3) is 17.0 Å². The Morgan fingerprint density at radius 2 is 2.20 bits per heavy atom. The third-order valence-electron chi connectivity index (χ3n) is 2.22. The van der Waals surface area contributed by atoms with Crippen molar-refractivity contribution in [2.75, 3.05) is 0 Å². The second-order valence-electron chi connectivity index (χ2n) is 3.67. The predicted molar refractivity (Wildman–Crippen MR) is 64.4 cm³/mol. The van der Waals surface area contributed by atoms with Gasteiger partial charge in [-0.1, -0.05) is 24.3 Å². The molecule has 0 bridgehead atoms. The van der Waals surface area contributed by atoms with Gasteiger partial charge in [-0.05, 0) is 30.7 Å². The SMILES string of the molecule is CC(N)/C=C/c1ccc2ncccc2c1. The Hall–Kier alpha value is -1.67. The minimum absolute atomic E-state index is 0.0922. The molecule has 2 heteroatoms. The Kier molecular flexibility index (Phi) is 2.79. The number of rotatable bonds is 2. The Morgan fingerprint density at radius 3 is 3.00 bits per heavy atom. The van der Waals surface area contributed by atoms with Crippen LogP contribution in [0.5, 0.6) is 0 Å². The minimum atomic E-state index is 0.0922. The van der Waals surface area contributed by atoms with E-state index in [1.165, 1.54) is 0 Å². The van der Waals surface area contributed by atoms with E-state index in [1.54, 1.807) is 6.20 Å². The molecule has 0 amide bonds. The summed E-state index contributed by atoms with van der Waals surface area (Å²) in [4.78, 5) is 4.27. The molecule has 1 aromatic carbocycles. The van der Waals surface area contributed by atoms with E-state index in [0.29, 0.717) is 0 Å². The van der Waals surface area contributed by atoms with Crippen LogP contribution in [0.4, 0.5) is 0 Å². The largest absolute Gasteiger partial charge is 0.325 e. The van der Waals surface area contributed by atoms with Crippen molar-refractivity contribution in [2.24, 2.45) is 5.73 Å². The summed E-state index contributed by atoms with van der Waals surface area (Å²) < 4.78 is 0. The van der Waals surface area contributed by atoms with E-state index < -0.39 is 0 Å². The van der Waals surface area contributed by atoms with Gasteiger partial charge in [0, 0.05) is 17.6 Å². The smallest absolute Gasteiger partial charge is 0.0702 e. The quantitative estimate of drug-likeness (QED) is 0.805. The topological polar surface area (TPSA) is 38.9 Å². The summed E-state index contributed by atoms with van der Waals surface area (Å²) in [5.74, 6) is 0. The molecule has 15 heavy (non-hydrogen) atoms. The van der Waals surface area contributed by atoms with Crippen molar-refractivity contribution in [3.8, 4) is 0 Å².